The van der Waals surface area contributed by atoms with Crippen molar-refractivity contribution in [3.05, 3.63) is 90.0 Å². The lowest BCUT2D eigenvalue weighted by Gasteiger charge is -2.27. The zero-order chi connectivity index (χ0) is 26.4. The summed E-state index contributed by atoms with van der Waals surface area (Å²) in [5, 5.41) is 10.6. The Hall–Kier alpha value is -4.60. The molecule has 2 aromatic carbocycles. The van der Waals surface area contributed by atoms with Crippen molar-refractivity contribution in [2.75, 3.05) is 16.8 Å². The summed E-state index contributed by atoms with van der Waals surface area (Å²) in [4.78, 5) is 19.2. The van der Waals surface area contributed by atoms with E-state index in [0.717, 1.165) is 16.9 Å². The quantitative estimate of drug-likeness (QED) is 0.365. The Morgan fingerprint density at radius 1 is 1.13 bits per heavy atom. The number of pyridine rings is 1. The van der Waals surface area contributed by atoms with Crippen molar-refractivity contribution in [1.29, 1.82) is 0 Å². The molecular formula is C28H27FN6O3. The number of hydrogen-bond acceptors (Lipinski definition) is 7. The summed E-state index contributed by atoms with van der Waals surface area (Å²) in [7, 11) is 0. The summed E-state index contributed by atoms with van der Waals surface area (Å²) in [5.41, 5.74) is 2.24. The second kappa shape index (κ2) is 9.05. The molecule has 38 heavy (non-hydrogen) atoms. The number of carbonyl (C=O) groups is 1. The van der Waals surface area contributed by atoms with E-state index in [-0.39, 0.29) is 18.5 Å². The minimum atomic E-state index is -0.601. The van der Waals surface area contributed by atoms with Gasteiger partial charge in [-0.05, 0) is 51.1 Å². The summed E-state index contributed by atoms with van der Waals surface area (Å²) in [6.07, 6.45) is 2.46. The van der Waals surface area contributed by atoms with Gasteiger partial charge in [0.15, 0.2) is 11.6 Å². The van der Waals surface area contributed by atoms with Crippen molar-refractivity contribution in [3.63, 3.8) is 0 Å². The smallest absolute Gasteiger partial charge is 0.408 e. The van der Waals surface area contributed by atoms with Gasteiger partial charge in [-0.1, -0.05) is 24.3 Å². The number of aromatic nitrogens is 3. The largest absolute Gasteiger partial charge is 0.491 e. The summed E-state index contributed by atoms with van der Waals surface area (Å²) in [5.74, 6) is 1.57. The van der Waals surface area contributed by atoms with Gasteiger partial charge in [0.2, 0.25) is 0 Å². The molecule has 2 aliphatic heterocycles. The molecule has 1 unspecified atom stereocenters. The zero-order valence-electron chi connectivity index (χ0n) is 21.2. The first-order valence-corrected chi connectivity index (χ1v) is 12.3. The van der Waals surface area contributed by atoms with E-state index in [1.807, 2.05) is 74.3 Å². The van der Waals surface area contributed by atoms with Crippen LogP contribution in [0.1, 0.15) is 44.1 Å². The number of amides is 1. The van der Waals surface area contributed by atoms with Crippen LogP contribution < -0.4 is 20.3 Å². The molecule has 0 saturated heterocycles. The van der Waals surface area contributed by atoms with E-state index in [9.17, 15) is 9.18 Å². The molecule has 0 aliphatic carbocycles. The maximum absolute atomic E-state index is 15.0. The standard InChI is InChI=1S/C28H27FN6O3/c1-28(2,3)38-27(36)32-22-16-37-23-15-17(9-10-19(22)23)35-25(18-7-4-5-8-20(18)29)31-21-11-12-24(33-26(21)35)34-14-6-13-30-34/h4-15,22,25,31H,16H2,1-3H3,(H,32,36)/t22-,25?/m0/s1. The fourth-order valence-corrected chi connectivity index (χ4v) is 4.70. The van der Waals surface area contributed by atoms with Gasteiger partial charge in [0.1, 0.15) is 29.9 Å². The summed E-state index contributed by atoms with van der Waals surface area (Å²) >= 11 is 0. The van der Waals surface area contributed by atoms with E-state index in [2.05, 4.69) is 15.7 Å². The normalized spacial score (nSPS) is 17.8. The predicted molar refractivity (Wildman–Crippen MR) is 140 cm³/mol. The number of rotatable bonds is 4. The van der Waals surface area contributed by atoms with Crippen LogP contribution >= 0.6 is 0 Å². The number of alkyl carbamates (subject to hydrolysis) is 1. The Kier molecular flexibility index (Phi) is 5.67. The van der Waals surface area contributed by atoms with Crippen LogP contribution in [0.4, 0.5) is 26.4 Å². The van der Waals surface area contributed by atoms with Crippen LogP contribution in [0.15, 0.2) is 73.1 Å². The van der Waals surface area contributed by atoms with Gasteiger partial charge >= 0.3 is 6.09 Å². The molecule has 0 saturated carbocycles. The number of benzene rings is 2. The van der Waals surface area contributed by atoms with Crippen LogP contribution in [0.5, 0.6) is 5.75 Å². The van der Waals surface area contributed by atoms with Gasteiger partial charge in [-0.2, -0.15) is 5.10 Å². The van der Waals surface area contributed by atoms with Crippen molar-refractivity contribution in [2.24, 2.45) is 0 Å². The molecule has 6 rings (SSSR count). The zero-order valence-corrected chi connectivity index (χ0v) is 21.2. The number of ether oxygens (including phenoxy) is 2. The number of hydrogen-bond donors (Lipinski definition) is 2. The molecule has 0 radical (unpaired) electrons. The van der Waals surface area contributed by atoms with E-state index in [1.165, 1.54) is 6.07 Å². The molecule has 4 heterocycles. The van der Waals surface area contributed by atoms with Crippen LogP contribution in [0.3, 0.4) is 0 Å². The van der Waals surface area contributed by atoms with E-state index in [0.29, 0.717) is 22.9 Å². The Bertz CT molecular complexity index is 1500. The average molecular weight is 515 g/mol. The fourth-order valence-electron chi connectivity index (χ4n) is 4.70. The average Bonchev–Trinajstić information content (AvgIpc) is 3.61. The Morgan fingerprint density at radius 2 is 1.97 bits per heavy atom. The molecule has 2 N–H and O–H groups in total. The van der Waals surface area contributed by atoms with E-state index >= 15 is 0 Å². The van der Waals surface area contributed by atoms with E-state index < -0.39 is 17.9 Å². The first-order chi connectivity index (χ1) is 18.3. The van der Waals surface area contributed by atoms with Crippen molar-refractivity contribution < 1.29 is 18.7 Å². The second-order valence-corrected chi connectivity index (χ2v) is 10.2. The molecule has 9 nitrogen and oxygen atoms in total. The maximum atomic E-state index is 15.0. The summed E-state index contributed by atoms with van der Waals surface area (Å²) in [6, 6.07) is 17.7. The summed E-state index contributed by atoms with van der Waals surface area (Å²) in [6.45, 7) is 5.73. The van der Waals surface area contributed by atoms with Gasteiger partial charge in [0.25, 0.3) is 0 Å². The Labute approximate surface area is 219 Å². The molecule has 0 fully saturated rings. The highest BCUT2D eigenvalue weighted by Crippen LogP contribution is 2.47. The lowest BCUT2D eigenvalue weighted by atomic mass is 10.1. The van der Waals surface area contributed by atoms with Crippen molar-refractivity contribution in [1.82, 2.24) is 20.1 Å². The molecule has 194 valence electrons. The Balaban J connectivity index is 1.37. The second-order valence-electron chi connectivity index (χ2n) is 10.2. The van der Waals surface area contributed by atoms with Crippen LogP contribution in [0, 0.1) is 5.82 Å². The number of halogens is 1. The lowest BCUT2D eigenvalue weighted by Crippen LogP contribution is -2.35. The van der Waals surface area contributed by atoms with Gasteiger partial charge in [-0.15, -0.1) is 0 Å². The number of nitrogens with zero attached hydrogens (tertiary/aromatic N) is 4. The number of nitrogens with one attached hydrogen (secondary N) is 2. The Morgan fingerprint density at radius 3 is 2.74 bits per heavy atom. The third-order valence-corrected chi connectivity index (χ3v) is 6.33. The topological polar surface area (TPSA) is 93.5 Å². The molecule has 2 aromatic heterocycles. The maximum Gasteiger partial charge on any atom is 0.408 e. The van der Waals surface area contributed by atoms with Crippen LogP contribution in [-0.4, -0.2) is 33.1 Å². The fraction of sp³-hybridized carbons (Fsp3) is 0.250. The monoisotopic (exact) mass is 514 g/mol. The van der Waals surface area contributed by atoms with Gasteiger partial charge in [0, 0.05) is 35.3 Å². The number of fused-ring (bicyclic) bond motifs is 2. The number of carbonyl (C=O) groups excluding carboxylic acids is 1. The van der Waals surface area contributed by atoms with Gasteiger partial charge < -0.3 is 20.1 Å². The molecule has 0 bridgehead atoms. The third kappa shape index (κ3) is 4.38. The highest BCUT2D eigenvalue weighted by atomic mass is 19.1. The first-order valence-electron chi connectivity index (χ1n) is 12.3. The summed E-state index contributed by atoms with van der Waals surface area (Å²) < 4.78 is 28.0. The molecule has 0 spiro atoms. The minimum absolute atomic E-state index is 0.283. The molecular weight excluding hydrogens is 487 g/mol. The van der Waals surface area contributed by atoms with Crippen LogP contribution in [-0.2, 0) is 4.74 Å². The van der Waals surface area contributed by atoms with Gasteiger partial charge in [-0.3, -0.25) is 4.90 Å². The SMILES string of the molecule is CC(C)(C)OC(=O)N[C@H]1COc2cc(N3c4nc(-n5cccn5)ccc4NC3c3ccccc3F)ccc21. The van der Waals surface area contributed by atoms with Crippen LogP contribution in [0.25, 0.3) is 5.82 Å². The van der Waals surface area contributed by atoms with E-state index in [1.54, 1.807) is 23.0 Å². The van der Waals surface area contributed by atoms with Crippen molar-refractivity contribution >= 4 is 23.3 Å². The molecule has 4 aromatic rings. The molecule has 2 aliphatic rings. The third-order valence-electron chi connectivity index (χ3n) is 6.33. The predicted octanol–water partition coefficient (Wildman–Crippen LogP) is 5.63. The highest BCUT2D eigenvalue weighted by Gasteiger charge is 2.36. The van der Waals surface area contributed by atoms with Crippen LogP contribution in [0.2, 0.25) is 0 Å². The van der Waals surface area contributed by atoms with Gasteiger partial charge in [0.05, 0.1) is 11.7 Å². The van der Waals surface area contributed by atoms with Crippen molar-refractivity contribution in [3.8, 4) is 11.6 Å². The molecule has 2 atom stereocenters. The van der Waals surface area contributed by atoms with Gasteiger partial charge in [-0.25, -0.2) is 18.9 Å². The number of anilines is 3. The lowest BCUT2D eigenvalue weighted by molar-refractivity contribution is 0.0497. The first kappa shape index (κ1) is 23.8. The molecule has 10 heteroatoms. The van der Waals surface area contributed by atoms with E-state index in [4.69, 9.17) is 14.5 Å². The highest BCUT2D eigenvalue weighted by molar-refractivity contribution is 5.81. The molecule has 1 amide bonds. The van der Waals surface area contributed by atoms with Crippen molar-refractivity contribution in [2.45, 2.75) is 38.6 Å². The minimum Gasteiger partial charge on any atom is -0.491 e.